The molecule has 33 heavy (non-hydrogen) atoms. The van der Waals surface area contributed by atoms with Crippen LogP contribution in [-0.2, 0) is 31.5 Å². The number of carbonyl (C=O) groups is 1. The molecule has 0 saturated carbocycles. The molecule has 172 valence electrons. The number of nitrogens with zero attached hydrogens (tertiary/aromatic N) is 4. The van der Waals surface area contributed by atoms with Gasteiger partial charge in [0.1, 0.15) is 4.83 Å². The molecule has 4 aromatic rings. The number of amides is 1. The average Bonchev–Trinajstić information content (AvgIpc) is 3.37. The van der Waals surface area contributed by atoms with Gasteiger partial charge < -0.3 is 5.32 Å². The third-order valence-electron chi connectivity index (χ3n) is 4.79. The van der Waals surface area contributed by atoms with Crippen LogP contribution >= 0.6 is 34.5 Å². The van der Waals surface area contributed by atoms with Crippen LogP contribution in [0.4, 0.5) is 18.3 Å². The topological polar surface area (TPSA) is 98.9 Å². The molecule has 0 saturated heterocycles. The summed E-state index contributed by atoms with van der Waals surface area (Å²) < 4.78 is 45.7. The predicted octanol–water partition coefficient (Wildman–Crippen LogP) is 3.67. The molecule has 0 bridgehead atoms. The summed E-state index contributed by atoms with van der Waals surface area (Å²) in [5.74, 6) is -0.522. The number of rotatable bonds is 4. The summed E-state index contributed by atoms with van der Waals surface area (Å²) in [7, 11) is 2.84. The van der Waals surface area contributed by atoms with Crippen molar-refractivity contribution in [1.82, 2.24) is 18.5 Å². The Balaban J connectivity index is 1.56. The number of anilines is 1. The number of hydrogen-bond acceptors (Lipinski definition) is 7. The number of thiazole rings is 1. The molecule has 1 aromatic carbocycles. The summed E-state index contributed by atoms with van der Waals surface area (Å²) in [6, 6.07) is 3.43. The van der Waals surface area contributed by atoms with Crippen LogP contribution in [0.5, 0.6) is 0 Å². The Hall–Kier alpha value is -3.03. The number of benzene rings is 1. The molecule has 1 amide bonds. The van der Waals surface area contributed by atoms with Gasteiger partial charge in [-0.2, -0.15) is 17.5 Å². The quantitative estimate of drug-likeness (QED) is 0.447. The summed E-state index contributed by atoms with van der Waals surface area (Å²) in [5.41, 5.74) is -1.39. The largest absolute Gasteiger partial charge is 0.417 e. The van der Waals surface area contributed by atoms with Crippen LogP contribution in [0.15, 0.2) is 33.2 Å². The number of alkyl halides is 3. The summed E-state index contributed by atoms with van der Waals surface area (Å²) in [5, 5.41) is 3.99. The molecule has 0 spiro atoms. The molecule has 0 radical (unpaired) electrons. The van der Waals surface area contributed by atoms with Crippen LogP contribution in [0.25, 0.3) is 21.5 Å². The maximum absolute atomic E-state index is 13.1. The number of nitrogens with one attached hydrogen (secondary N) is 1. The molecule has 4 rings (SSSR count). The molecule has 0 fully saturated rings. The molecule has 0 aliphatic heterocycles. The van der Waals surface area contributed by atoms with Crippen LogP contribution in [0.2, 0.25) is 5.02 Å². The predicted molar refractivity (Wildman–Crippen MR) is 120 cm³/mol. The van der Waals surface area contributed by atoms with Gasteiger partial charge in [-0.25, -0.2) is 9.78 Å². The molecule has 3 heterocycles. The van der Waals surface area contributed by atoms with Crippen molar-refractivity contribution >= 4 is 55.7 Å². The second-order valence-electron chi connectivity index (χ2n) is 6.97. The first-order valence-electron chi connectivity index (χ1n) is 9.14. The van der Waals surface area contributed by atoms with Gasteiger partial charge >= 0.3 is 11.9 Å². The molecule has 0 aliphatic carbocycles. The van der Waals surface area contributed by atoms with E-state index in [-0.39, 0.29) is 33.9 Å². The number of aromatic nitrogens is 4. The summed E-state index contributed by atoms with van der Waals surface area (Å²) >= 11 is 7.61. The Morgan fingerprint density at radius 1 is 1.21 bits per heavy atom. The van der Waals surface area contributed by atoms with E-state index in [0.29, 0.717) is 4.83 Å². The molecular weight excluding hydrogens is 503 g/mol. The molecule has 14 heteroatoms. The van der Waals surface area contributed by atoms with Crippen molar-refractivity contribution in [3.05, 3.63) is 60.7 Å². The Labute approximate surface area is 196 Å². The number of halogens is 4. The van der Waals surface area contributed by atoms with Gasteiger partial charge in [-0.1, -0.05) is 17.7 Å². The molecule has 0 aliphatic rings. The fraction of sp³-hybridized carbons (Fsp3) is 0.211. The summed E-state index contributed by atoms with van der Waals surface area (Å²) in [6.45, 7) is 0. The van der Waals surface area contributed by atoms with Gasteiger partial charge in [-0.15, -0.1) is 11.3 Å². The number of fused-ring (bicyclic) bond motifs is 1. The average molecular weight is 516 g/mol. The highest BCUT2D eigenvalue weighted by Gasteiger charge is 2.33. The molecule has 1 N–H and O–H groups in total. The second kappa shape index (κ2) is 8.39. The maximum atomic E-state index is 13.1. The lowest BCUT2D eigenvalue weighted by Crippen LogP contribution is -2.36. The number of aryl methyl sites for hydroxylation is 1. The Morgan fingerprint density at radius 2 is 1.94 bits per heavy atom. The smallest absolute Gasteiger partial charge is 0.302 e. The van der Waals surface area contributed by atoms with E-state index < -0.39 is 33.9 Å². The van der Waals surface area contributed by atoms with Crippen molar-refractivity contribution in [2.75, 3.05) is 5.32 Å². The van der Waals surface area contributed by atoms with Gasteiger partial charge in [0.2, 0.25) is 5.91 Å². The Morgan fingerprint density at radius 3 is 2.64 bits per heavy atom. The van der Waals surface area contributed by atoms with Crippen LogP contribution in [-0.4, -0.2) is 24.4 Å². The number of carbonyl (C=O) groups excluding carboxylic acids is 1. The van der Waals surface area contributed by atoms with Crippen LogP contribution < -0.4 is 16.6 Å². The minimum absolute atomic E-state index is 0.165. The second-order valence-corrected chi connectivity index (χ2v) is 8.99. The van der Waals surface area contributed by atoms with Crippen molar-refractivity contribution in [1.29, 1.82) is 0 Å². The minimum Gasteiger partial charge on any atom is -0.302 e. The van der Waals surface area contributed by atoms with Crippen LogP contribution in [0.3, 0.4) is 0 Å². The zero-order valence-electron chi connectivity index (χ0n) is 16.9. The van der Waals surface area contributed by atoms with Gasteiger partial charge in [0.15, 0.2) is 5.13 Å². The van der Waals surface area contributed by atoms with Crippen LogP contribution in [0, 0.1) is 0 Å². The van der Waals surface area contributed by atoms with Crippen molar-refractivity contribution in [2.24, 2.45) is 14.1 Å². The summed E-state index contributed by atoms with van der Waals surface area (Å²) in [4.78, 5) is 41.6. The Kier molecular flexibility index (Phi) is 5.88. The highest BCUT2D eigenvalue weighted by Crippen LogP contribution is 2.37. The first kappa shape index (κ1) is 23.1. The van der Waals surface area contributed by atoms with Gasteiger partial charge in [-0.05, 0) is 23.7 Å². The van der Waals surface area contributed by atoms with Crippen molar-refractivity contribution in [2.45, 2.75) is 12.6 Å². The van der Waals surface area contributed by atoms with Crippen molar-refractivity contribution in [3.63, 3.8) is 0 Å². The van der Waals surface area contributed by atoms with Crippen LogP contribution in [0.1, 0.15) is 11.3 Å². The lowest BCUT2D eigenvalue weighted by molar-refractivity contribution is -0.137. The molecule has 0 atom stereocenters. The fourth-order valence-corrected chi connectivity index (χ4v) is 4.94. The SMILES string of the molecule is Cn1c(=O)c2c(CC(=O)Nc3nc(-c4ccc(Cl)c(C(F)(F)F)c4)cs3)nsc2n(C)c1=O. The molecule has 0 unspecified atom stereocenters. The fourth-order valence-electron chi connectivity index (χ4n) is 3.13. The standard InChI is InChI=1S/C19H13ClF3N5O3S2/c1-27-15(30)14-11(26-33-16(14)28(2)18(27)31)6-13(29)25-17-24-12(7-32-17)8-3-4-10(20)9(5-8)19(21,22)23/h3-5,7H,6H2,1-2H3,(H,24,25,29). The van der Waals surface area contributed by atoms with E-state index in [4.69, 9.17) is 11.6 Å². The lowest BCUT2D eigenvalue weighted by Gasteiger charge is -2.09. The van der Waals surface area contributed by atoms with Gasteiger partial charge in [0, 0.05) is 25.0 Å². The van der Waals surface area contributed by atoms with E-state index in [0.717, 1.165) is 39.6 Å². The third kappa shape index (κ3) is 4.30. The van der Waals surface area contributed by atoms with E-state index in [1.54, 1.807) is 0 Å². The van der Waals surface area contributed by atoms with Gasteiger partial charge in [0.05, 0.1) is 33.8 Å². The first-order chi connectivity index (χ1) is 15.5. The van der Waals surface area contributed by atoms with Crippen molar-refractivity contribution in [3.8, 4) is 11.3 Å². The number of hydrogen-bond donors (Lipinski definition) is 1. The molecule has 3 aromatic heterocycles. The minimum atomic E-state index is -4.61. The third-order valence-corrected chi connectivity index (χ3v) is 6.84. The zero-order valence-corrected chi connectivity index (χ0v) is 19.2. The van der Waals surface area contributed by atoms with Gasteiger partial charge in [-0.3, -0.25) is 18.7 Å². The van der Waals surface area contributed by atoms with Crippen molar-refractivity contribution < 1.29 is 18.0 Å². The Bertz CT molecular complexity index is 1520. The first-order valence-corrected chi connectivity index (χ1v) is 11.2. The van der Waals surface area contributed by atoms with Gasteiger partial charge in [0.25, 0.3) is 5.56 Å². The van der Waals surface area contributed by atoms with E-state index >= 15 is 0 Å². The molecule has 8 nitrogen and oxygen atoms in total. The highest BCUT2D eigenvalue weighted by atomic mass is 35.5. The normalized spacial score (nSPS) is 11.8. The zero-order chi connectivity index (χ0) is 24.1. The lowest BCUT2D eigenvalue weighted by atomic mass is 10.1. The summed E-state index contributed by atoms with van der Waals surface area (Å²) in [6.07, 6.45) is -4.86. The van der Waals surface area contributed by atoms with E-state index in [9.17, 15) is 27.6 Å². The monoisotopic (exact) mass is 515 g/mol. The van der Waals surface area contributed by atoms with E-state index in [1.807, 2.05) is 0 Å². The maximum Gasteiger partial charge on any atom is 0.417 e. The molecular formula is C19H13ClF3N5O3S2. The van der Waals surface area contributed by atoms with E-state index in [1.165, 1.54) is 30.1 Å². The van der Waals surface area contributed by atoms with E-state index in [2.05, 4.69) is 14.7 Å². The highest BCUT2D eigenvalue weighted by molar-refractivity contribution is 7.14.